The van der Waals surface area contributed by atoms with Crippen molar-refractivity contribution in [2.75, 3.05) is 19.0 Å². The molecule has 1 aromatic rings. The smallest absolute Gasteiger partial charge is 0.324 e. The molecule has 0 aliphatic heterocycles. The van der Waals surface area contributed by atoms with Crippen molar-refractivity contribution in [3.63, 3.8) is 0 Å². The lowest BCUT2D eigenvalue weighted by molar-refractivity contribution is 0.0799. The molecule has 6 heteroatoms. The van der Waals surface area contributed by atoms with E-state index >= 15 is 0 Å². The van der Waals surface area contributed by atoms with Crippen LogP contribution >= 0.6 is 0 Å². The topological polar surface area (TPSA) is 69.2 Å². The second kappa shape index (κ2) is 7.26. The Bertz CT molecular complexity index is 428. The zero-order chi connectivity index (χ0) is 14.4. The molecule has 0 radical (unpaired) electrons. The van der Waals surface area contributed by atoms with E-state index in [1.165, 1.54) is 19.3 Å². The number of aromatic nitrogens is 3. The van der Waals surface area contributed by atoms with Crippen LogP contribution in [0.15, 0.2) is 0 Å². The third kappa shape index (κ3) is 3.71. The maximum Gasteiger partial charge on any atom is 0.324 e. The quantitative estimate of drug-likeness (QED) is 0.864. The van der Waals surface area contributed by atoms with Gasteiger partial charge in [-0.15, -0.1) is 4.98 Å². The highest BCUT2D eigenvalue weighted by molar-refractivity contribution is 5.27. The van der Waals surface area contributed by atoms with Crippen molar-refractivity contribution in [2.45, 2.75) is 52.1 Å². The van der Waals surface area contributed by atoms with E-state index in [-0.39, 0.29) is 12.1 Å². The molecule has 2 atom stereocenters. The van der Waals surface area contributed by atoms with Crippen molar-refractivity contribution in [1.29, 1.82) is 0 Å². The van der Waals surface area contributed by atoms with Gasteiger partial charge in [0, 0.05) is 6.54 Å². The molecule has 1 saturated carbocycles. The number of hydrogen-bond acceptors (Lipinski definition) is 6. The van der Waals surface area contributed by atoms with Crippen molar-refractivity contribution in [2.24, 2.45) is 5.92 Å². The van der Waals surface area contributed by atoms with Crippen molar-refractivity contribution >= 4 is 5.95 Å². The van der Waals surface area contributed by atoms with E-state index in [0.717, 1.165) is 19.4 Å². The van der Waals surface area contributed by atoms with Gasteiger partial charge in [0.15, 0.2) is 0 Å². The molecule has 1 aliphatic carbocycles. The van der Waals surface area contributed by atoms with E-state index in [4.69, 9.17) is 9.47 Å². The molecular weight excluding hydrogens is 256 g/mol. The van der Waals surface area contributed by atoms with E-state index in [2.05, 4.69) is 27.2 Å². The summed E-state index contributed by atoms with van der Waals surface area (Å²) in [4.78, 5) is 12.6. The molecule has 0 bridgehead atoms. The summed E-state index contributed by atoms with van der Waals surface area (Å²) in [5.41, 5.74) is 0. The van der Waals surface area contributed by atoms with Crippen LogP contribution in [0.5, 0.6) is 12.0 Å². The van der Waals surface area contributed by atoms with Crippen molar-refractivity contribution in [3.05, 3.63) is 0 Å². The predicted octanol–water partition coefficient (Wildman–Crippen LogP) is 2.66. The normalized spacial score (nSPS) is 22.4. The first-order valence-electron chi connectivity index (χ1n) is 7.47. The zero-order valence-corrected chi connectivity index (χ0v) is 12.6. The fraction of sp³-hybridized carbons (Fsp3) is 0.786. The largest absolute Gasteiger partial charge is 0.467 e. The number of nitrogens with zero attached hydrogens (tertiary/aromatic N) is 3. The molecule has 2 rings (SSSR count). The maximum absolute atomic E-state index is 6.01. The Labute approximate surface area is 120 Å². The molecule has 2 unspecified atom stereocenters. The lowest BCUT2D eigenvalue weighted by Crippen LogP contribution is -2.30. The summed E-state index contributed by atoms with van der Waals surface area (Å²) < 4.78 is 11.1. The summed E-state index contributed by atoms with van der Waals surface area (Å²) in [5, 5.41) is 3.06. The highest BCUT2D eigenvalue weighted by Gasteiger charge is 2.26. The van der Waals surface area contributed by atoms with Gasteiger partial charge in [0.05, 0.1) is 7.11 Å². The first-order valence-corrected chi connectivity index (χ1v) is 7.47. The summed E-state index contributed by atoms with van der Waals surface area (Å²) in [6, 6.07) is 0.646. The fourth-order valence-corrected chi connectivity index (χ4v) is 2.65. The number of nitrogens with one attached hydrogen (secondary N) is 1. The Morgan fingerprint density at radius 3 is 2.55 bits per heavy atom. The molecule has 20 heavy (non-hydrogen) atoms. The predicted molar refractivity (Wildman–Crippen MR) is 77.2 cm³/mol. The standard InChI is InChI=1S/C14H24N4O2/c1-4-10-8-6-7-9-11(10)20-14-17-12(15-5-2)16-13(18-14)19-3/h10-11H,4-9H2,1-3H3,(H,15,16,17,18). The van der Waals surface area contributed by atoms with Crippen molar-refractivity contribution < 1.29 is 9.47 Å². The van der Waals surface area contributed by atoms with Crippen LogP contribution in [0.1, 0.15) is 46.0 Å². The molecule has 1 fully saturated rings. The monoisotopic (exact) mass is 280 g/mol. The van der Waals surface area contributed by atoms with Crippen LogP contribution in [0.2, 0.25) is 0 Å². The van der Waals surface area contributed by atoms with Crippen LogP contribution in [0.3, 0.4) is 0 Å². The molecule has 1 aromatic heterocycles. The van der Waals surface area contributed by atoms with Crippen LogP contribution in [-0.4, -0.2) is 34.7 Å². The molecule has 0 aromatic carbocycles. The number of anilines is 1. The fourth-order valence-electron chi connectivity index (χ4n) is 2.65. The average Bonchev–Trinajstić information content (AvgIpc) is 2.48. The number of methoxy groups -OCH3 is 1. The lowest BCUT2D eigenvalue weighted by atomic mass is 9.85. The van der Waals surface area contributed by atoms with Gasteiger partial charge in [0.2, 0.25) is 5.95 Å². The van der Waals surface area contributed by atoms with E-state index in [0.29, 0.717) is 17.9 Å². The van der Waals surface area contributed by atoms with Crippen molar-refractivity contribution in [1.82, 2.24) is 15.0 Å². The minimum atomic E-state index is 0.204. The van der Waals surface area contributed by atoms with Gasteiger partial charge in [-0.1, -0.05) is 13.3 Å². The Kier molecular flexibility index (Phi) is 5.38. The first kappa shape index (κ1) is 14.8. The second-order valence-electron chi connectivity index (χ2n) is 5.07. The summed E-state index contributed by atoms with van der Waals surface area (Å²) in [7, 11) is 1.55. The number of hydrogen-bond donors (Lipinski definition) is 1. The number of ether oxygens (including phenoxy) is 2. The van der Waals surface area contributed by atoms with Gasteiger partial charge in [0.25, 0.3) is 0 Å². The van der Waals surface area contributed by atoms with E-state index in [1.54, 1.807) is 7.11 Å². The minimum absolute atomic E-state index is 0.204. The molecule has 1 aliphatic rings. The van der Waals surface area contributed by atoms with Crippen LogP contribution in [-0.2, 0) is 0 Å². The molecule has 0 saturated heterocycles. The van der Waals surface area contributed by atoms with E-state index in [9.17, 15) is 0 Å². The third-order valence-electron chi connectivity index (χ3n) is 3.73. The van der Waals surface area contributed by atoms with Gasteiger partial charge < -0.3 is 14.8 Å². The molecule has 112 valence electrons. The summed E-state index contributed by atoms with van der Waals surface area (Å²) >= 11 is 0. The van der Waals surface area contributed by atoms with Crippen molar-refractivity contribution in [3.8, 4) is 12.0 Å². The molecule has 1 heterocycles. The second-order valence-corrected chi connectivity index (χ2v) is 5.07. The number of rotatable bonds is 6. The van der Waals surface area contributed by atoms with Gasteiger partial charge >= 0.3 is 12.0 Å². The molecular formula is C14H24N4O2. The maximum atomic E-state index is 6.01. The lowest BCUT2D eigenvalue weighted by Gasteiger charge is -2.30. The van der Waals surface area contributed by atoms with E-state index < -0.39 is 0 Å². The summed E-state index contributed by atoms with van der Waals surface area (Å²) in [6.07, 6.45) is 6.14. The van der Waals surface area contributed by atoms with Gasteiger partial charge in [-0.05, 0) is 38.5 Å². The van der Waals surface area contributed by atoms with Crippen LogP contribution in [0, 0.1) is 5.92 Å². The first-order chi connectivity index (χ1) is 9.76. The van der Waals surface area contributed by atoms with Crippen LogP contribution in [0.4, 0.5) is 5.95 Å². The van der Waals surface area contributed by atoms with Gasteiger partial charge in [-0.2, -0.15) is 9.97 Å². The summed E-state index contributed by atoms with van der Waals surface area (Å²) in [6.45, 7) is 4.95. The third-order valence-corrected chi connectivity index (χ3v) is 3.73. The Morgan fingerprint density at radius 1 is 1.10 bits per heavy atom. The van der Waals surface area contributed by atoms with Gasteiger partial charge in [-0.3, -0.25) is 0 Å². The van der Waals surface area contributed by atoms with Gasteiger partial charge in [-0.25, -0.2) is 0 Å². The average molecular weight is 280 g/mol. The SMILES string of the molecule is CCNc1nc(OC)nc(OC2CCCCC2CC)n1. The molecule has 1 N–H and O–H groups in total. The highest BCUT2D eigenvalue weighted by atomic mass is 16.5. The Balaban J connectivity index is 2.12. The Morgan fingerprint density at radius 2 is 1.85 bits per heavy atom. The van der Waals surface area contributed by atoms with E-state index in [1.807, 2.05) is 6.92 Å². The van der Waals surface area contributed by atoms with Gasteiger partial charge in [0.1, 0.15) is 6.10 Å². The van der Waals surface area contributed by atoms with Crippen LogP contribution in [0.25, 0.3) is 0 Å². The highest BCUT2D eigenvalue weighted by Crippen LogP contribution is 2.29. The molecule has 6 nitrogen and oxygen atoms in total. The summed E-state index contributed by atoms with van der Waals surface area (Å²) in [5.74, 6) is 1.09. The Hall–Kier alpha value is -1.59. The molecule has 0 spiro atoms. The molecule has 0 amide bonds. The minimum Gasteiger partial charge on any atom is -0.467 e. The zero-order valence-electron chi connectivity index (χ0n) is 12.6. The van der Waals surface area contributed by atoms with Crippen LogP contribution < -0.4 is 14.8 Å².